The van der Waals surface area contributed by atoms with E-state index >= 15 is 0 Å². The molecule has 1 atom stereocenters. The molecule has 1 aliphatic carbocycles. The highest BCUT2D eigenvalue weighted by Gasteiger charge is 2.49. The summed E-state index contributed by atoms with van der Waals surface area (Å²) in [5, 5.41) is 0. The number of carbonyl (C=O) groups excluding carboxylic acids is 2. The summed E-state index contributed by atoms with van der Waals surface area (Å²) in [7, 11) is 0. The van der Waals surface area contributed by atoms with Crippen molar-refractivity contribution in [2.45, 2.75) is 27.2 Å². The van der Waals surface area contributed by atoms with Gasteiger partial charge in [0.2, 0.25) is 0 Å². The molecule has 1 unspecified atom stereocenters. The van der Waals surface area contributed by atoms with Gasteiger partial charge in [0.05, 0.1) is 5.92 Å². The Kier molecular flexibility index (Phi) is 2.45. The van der Waals surface area contributed by atoms with E-state index in [9.17, 15) is 9.59 Å². The van der Waals surface area contributed by atoms with Gasteiger partial charge in [-0.2, -0.15) is 0 Å². The first-order valence-electron chi connectivity index (χ1n) is 5.57. The van der Waals surface area contributed by atoms with Crippen LogP contribution in [-0.2, 0) is 4.79 Å². The molecule has 0 heterocycles. The molecule has 1 fully saturated rings. The van der Waals surface area contributed by atoms with Crippen LogP contribution in [0.1, 0.15) is 36.2 Å². The number of ketones is 2. The van der Waals surface area contributed by atoms with E-state index in [1.165, 1.54) is 0 Å². The standard InChI is InChI=1S/C14H16O2/c1-9-4-6-10(7-5-9)12(15)11-8-14(2,3)13(11)16/h4-7,11H,8H2,1-3H3. The smallest absolute Gasteiger partial charge is 0.173 e. The van der Waals surface area contributed by atoms with Crippen molar-refractivity contribution in [3.63, 3.8) is 0 Å². The lowest BCUT2D eigenvalue weighted by molar-refractivity contribution is -0.140. The maximum atomic E-state index is 12.0. The minimum Gasteiger partial charge on any atom is -0.298 e. The molecule has 1 aliphatic rings. The molecule has 0 aromatic heterocycles. The SMILES string of the molecule is Cc1ccc(C(=O)C2CC(C)(C)C2=O)cc1. The molecule has 0 bridgehead atoms. The summed E-state index contributed by atoms with van der Waals surface area (Å²) in [5.74, 6) is -0.347. The predicted molar refractivity (Wildman–Crippen MR) is 62.4 cm³/mol. The van der Waals surface area contributed by atoms with Crippen LogP contribution in [0.15, 0.2) is 24.3 Å². The minimum atomic E-state index is -0.405. The third-order valence-electron chi connectivity index (χ3n) is 3.35. The summed E-state index contributed by atoms with van der Waals surface area (Å²) >= 11 is 0. The van der Waals surface area contributed by atoms with Gasteiger partial charge in [-0.05, 0) is 13.3 Å². The lowest BCUT2D eigenvalue weighted by Gasteiger charge is -2.39. The van der Waals surface area contributed by atoms with E-state index in [1.807, 2.05) is 32.9 Å². The van der Waals surface area contributed by atoms with E-state index in [1.54, 1.807) is 12.1 Å². The maximum Gasteiger partial charge on any atom is 0.173 e. The van der Waals surface area contributed by atoms with Crippen LogP contribution < -0.4 is 0 Å². The quantitative estimate of drug-likeness (QED) is 0.562. The predicted octanol–water partition coefficient (Wildman–Crippen LogP) is 2.79. The molecule has 0 amide bonds. The van der Waals surface area contributed by atoms with Crippen molar-refractivity contribution in [3.05, 3.63) is 35.4 Å². The van der Waals surface area contributed by atoms with Gasteiger partial charge < -0.3 is 0 Å². The molecule has 2 rings (SSSR count). The Morgan fingerprint density at radius 3 is 2.25 bits per heavy atom. The van der Waals surface area contributed by atoms with Crippen LogP contribution in [0.5, 0.6) is 0 Å². The van der Waals surface area contributed by atoms with Crippen molar-refractivity contribution < 1.29 is 9.59 Å². The van der Waals surface area contributed by atoms with Crippen molar-refractivity contribution in [2.75, 3.05) is 0 Å². The number of carbonyl (C=O) groups is 2. The van der Waals surface area contributed by atoms with E-state index in [0.29, 0.717) is 12.0 Å². The van der Waals surface area contributed by atoms with E-state index in [4.69, 9.17) is 0 Å². The lowest BCUT2D eigenvalue weighted by atomic mass is 9.61. The van der Waals surface area contributed by atoms with Gasteiger partial charge in [-0.1, -0.05) is 43.7 Å². The Hall–Kier alpha value is -1.44. The van der Waals surface area contributed by atoms with Crippen molar-refractivity contribution in [1.82, 2.24) is 0 Å². The first-order chi connectivity index (χ1) is 7.42. The zero-order valence-corrected chi connectivity index (χ0v) is 9.91. The molecule has 2 nitrogen and oxygen atoms in total. The second kappa shape index (κ2) is 3.55. The van der Waals surface area contributed by atoms with Crippen molar-refractivity contribution >= 4 is 11.6 Å². The number of aryl methyl sites for hydroxylation is 1. The summed E-state index contributed by atoms with van der Waals surface area (Å²) < 4.78 is 0. The average molecular weight is 216 g/mol. The minimum absolute atomic E-state index is 0.0238. The van der Waals surface area contributed by atoms with Gasteiger partial charge in [-0.3, -0.25) is 9.59 Å². The third-order valence-corrected chi connectivity index (χ3v) is 3.35. The number of hydrogen-bond acceptors (Lipinski definition) is 2. The number of rotatable bonds is 2. The van der Waals surface area contributed by atoms with Crippen LogP contribution in [0.3, 0.4) is 0 Å². The fourth-order valence-electron chi connectivity index (χ4n) is 2.17. The molecule has 0 saturated heterocycles. The largest absolute Gasteiger partial charge is 0.298 e. The summed E-state index contributed by atoms with van der Waals surface area (Å²) in [6, 6.07) is 7.41. The molecule has 1 saturated carbocycles. The van der Waals surface area contributed by atoms with Crippen LogP contribution in [0.25, 0.3) is 0 Å². The Bertz CT molecular complexity index is 440. The van der Waals surface area contributed by atoms with Crippen LogP contribution >= 0.6 is 0 Å². The zero-order valence-electron chi connectivity index (χ0n) is 9.91. The van der Waals surface area contributed by atoms with Gasteiger partial charge in [0.1, 0.15) is 5.78 Å². The molecule has 1 aromatic rings. The van der Waals surface area contributed by atoms with Gasteiger partial charge in [0.25, 0.3) is 0 Å². The average Bonchev–Trinajstić information content (AvgIpc) is 2.26. The Balaban J connectivity index is 2.16. The zero-order chi connectivity index (χ0) is 11.9. The van der Waals surface area contributed by atoms with Crippen LogP contribution in [0.4, 0.5) is 0 Å². The topological polar surface area (TPSA) is 34.1 Å². The fourth-order valence-corrected chi connectivity index (χ4v) is 2.17. The molecule has 0 spiro atoms. The van der Waals surface area contributed by atoms with Gasteiger partial charge in [0, 0.05) is 11.0 Å². The van der Waals surface area contributed by atoms with E-state index in [0.717, 1.165) is 5.56 Å². The lowest BCUT2D eigenvalue weighted by Crippen LogP contribution is -2.48. The highest BCUT2D eigenvalue weighted by molar-refractivity contribution is 6.15. The molecular weight excluding hydrogens is 200 g/mol. The Morgan fingerprint density at radius 2 is 1.81 bits per heavy atom. The summed E-state index contributed by atoms with van der Waals surface area (Å²) in [6.45, 7) is 5.77. The third kappa shape index (κ3) is 1.69. The van der Waals surface area contributed by atoms with Gasteiger partial charge in [-0.25, -0.2) is 0 Å². The normalized spacial score (nSPS) is 22.7. The number of Topliss-reactive ketones (excluding diaryl/α,β-unsaturated/α-hetero) is 2. The number of hydrogen-bond donors (Lipinski definition) is 0. The number of benzene rings is 1. The van der Waals surface area contributed by atoms with E-state index < -0.39 is 5.92 Å². The summed E-state index contributed by atoms with van der Waals surface area (Å²) in [5.41, 5.74) is 1.47. The van der Waals surface area contributed by atoms with Crippen LogP contribution in [0, 0.1) is 18.3 Å². The molecule has 84 valence electrons. The highest BCUT2D eigenvalue weighted by atomic mass is 16.2. The fraction of sp³-hybridized carbons (Fsp3) is 0.429. The Labute approximate surface area is 95.7 Å². The van der Waals surface area contributed by atoms with Crippen LogP contribution in [-0.4, -0.2) is 11.6 Å². The highest BCUT2D eigenvalue weighted by Crippen LogP contribution is 2.42. The maximum absolute atomic E-state index is 12.0. The molecule has 0 N–H and O–H groups in total. The van der Waals surface area contributed by atoms with E-state index in [-0.39, 0.29) is 17.0 Å². The van der Waals surface area contributed by atoms with Gasteiger partial charge in [0.15, 0.2) is 5.78 Å². The molecule has 16 heavy (non-hydrogen) atoms. The second-order valence-corrected chi connectivity index (χ2v) is 5.24. The molecule has 0 aliphatic heterocycles. The van der Waals surface area contributed by atoms with E-state index in [2.05, 4.69) is 0 Å². The van der Waals surface area contributed by atoms with Crippen molar-refractivity contribution in [3.8, 4) is 0 Å². The van der Waals surface area contributed by atoms with Crippen molar-refractivity contribution in [1.29, 1.82) is 0 Å². The van der Waals surface area contributed by atoms with Gasteiger partial charge >= 0.3 is 0 Å². The summed E-state index contributed by atoms with van der Waals surface area (Å²) in [6.07, 6.45) is 0.679. The van der Waals surface area contributed by atoms with Crippen molar-refractivity contribution in [2.24, 2.45) is 11.3 Å². The monoisotopic (exact) mass is 216 g/mol. The van der Waals surface area contributed by atoms with Gasteiger partial charge in [-0.15, -0.1) is 0 Å². The first-order valence-corrected chi connectivity index (χ1v) is 5.57. The molecule has 2 heteroatoms. The Morgan fingerprint density at radius 1 is 1.25 bits per heavy atom. The molecular formula is C14H16O2. The van der Waals surface area contributed by atoms with Crippen LogP contribution in [0.2, 0.25) is 0 Å². The summed E-state index contributed by atoms with van der Waals surface area (Å²) in [4.78, 5) is 23.8. The molecule has 1 aromatic carbocycles. The second-order valence-electron chi connectivity index (χ2n) is 5.24. The first kappa shape index (κ1) is 11.1. The molecule has 0 radical (unpaired) electrons.